The van der Waals surface area contributed by atoms with E-state index in [0.717, 1.165) is 28.8 Å². The maximum absolute atomic E-state index is 13.5. The van der Waals surface area contributed by atoms with Crippen molar-refractivity contribution in [2.45, 2.75) is 13.5 Å². The first kappa shape index (κ1) is 19.0. The van der Waals surface area contributed by atoms with E-state index in [1.807, 2.05) is 0 Å². The lowest BCUT2D eigenvalue weighted by Gasteiger charge is -2.22. The number of imide groups is 1. The summed E-state index contributed by atoms with van der Waals surface area (Å²) in [7, 11) is 0. The van der Waals surface area contributed by atoms with Crippen LogP contribution in [0.4, 0.5) is 19.3 Å². The summed E-state index contributed by atoms with van der Waals surface area (Å²) in [5.74, 6) is -2.55. The second-order valence-corrected chi connectivity index (χ2v) is 6.81. The minimum Gasteiger partial charge on any atom is -0.309 e. The Morgan fingerprint density at radius 1 is 1.15 bits per heavy atom. The molecule has 1 aliphatic rings. The molecule has 5 nitrogen and oxygen atoms in total. The molecule has 2 aromatic carbocycles. The third kappa shape index (κ3) is 4.00. The molecule has 0 saturated carbocycles. The van der Waals surface area contributed by atoms with Crippen molar-refractivity contribution in [1.29, 1.82) is 0 Å². The van der Waals surface area contributed by atoms with E-state index in [9.17, 15) is 23.2 Å². The molecule has 8 heteroatoms. The van der Waals surface area contributed by atoms with Crippen molar-refractivity contribution >= 4 is 34.5 Å². The van der Waals surface area contributed by atoms with Gasteiger partial charge in [-0.3, -0.25) is 19.3 Å². The Hall–Kier alpha value is -2.74. The van der Waals surface area contributed by atoms with E-state index in [-0.39, 0.29) is 41.6 Å². The number of anilines is 1. The van der Waals surface area contributed by atoms with Crippen molar-refractivity contribution in [2.75, 3.05) is 17.2 Å². The molecule has 0 bridgehead atoms. The molecule has 140 valence electrons. The molecule has 3 amide bonds. The summed E-state index contributed by atoms with van der Waals surface area (Å²) in [4.78, 5) is 38.8. The number of nitrogens with zero attached hydrogens (tertiary/aromatic N) is 2. The molecule has 0 radical (unpaired) electrons. The Morgan fingerprint density at radius 3 is 2.56 bits per heavy atom. The van der Waals surface area contributed by atoms with Gasteiger partial charge in [-0.15, -0.1) is 0 Å². The average Bonchev–Trinajstić information content (AvgIpc) is 2.97. The van der Waals surface area contributed by atoms with Crippen molar-refractivity contribution < 1.29 is 23.2 Å². The highest BCUT2D eigenvalue weighted by atomic mass is 32.2. The largest absolute Gasteiger partial charge is 0.309 e. The summed E-state index contributed by atoms with van der Waals surface area (Å²) in [6, 6.07) is 9.83. The summed E-state index contributed by atoms with van der Waals surface area (Å²) in [6.07, 6.45) is 0. The zero-order chi connectivity index (χ0) is 19.6. The van der Waals surface area contributed by atoms with E-state index < -0.39 is 11.6 Å². The van der Waals surface area contributed by atoms with Gasteiger partial charge in [0.25, 0.3) is 11.1 Å². The fourth-order valence-electron chi connectivity index (χ4n) is 2.77. The Kier molecular flexibility index (Phi) is 5.55. The Balaban J connectivity index is 1.84. The van der Waals surface area contributed by atoms with Crippen LogP contribution in [0.1, 0.15) is 22.8 Å². The van der Waals surface area contributed by atoms with Gasteiger partial charge >= 0.3 is 0 Å². The van der Waals surface area contributed by atoms with Crippen LogP contribution in [0.3, 0.4) is 0 Å². The van der Waals surface area contributed by atoms with Crippen molar-refractivity contribution in [2.24, 2.45) is 0 Å². The normalized spacial score (nSPS) is 14.0. The third-order valence-electron chi connectivity index (χ3n) is 4.13. The molecule has 0 atom stereocenters. The average molecular weight is 390 g/mol. The van der Waals surface area contributed by atoms with Gasteiger partial charge in [0.1, 0.15) is 0 Å². The molecule has 0 N–H and O–H groups in total. The molecule has 3 rings (SSSR count). The molecular weight excluding hydrogens is 374 g/mol. The summed E-state index contributed by atoms with van der Waals surface area (Å²) in [5, 5.41) is -0.311. The first-order valence-electron chi connectivity index (χ1n) is 8.23. The predicted molar refractivity (Wildman–Crippen MR) is 98.6 cm³/mol. The molecule has 1 aliphatic heterocycles. The van der Waals surface area contributed by atoms with E-state index in [0.29, 0.717) is 11.1 Å². The van der Waals surface area contributed by atoms with Crippen LogP contribution in [-0.2, 0) is 11.3 Å². The fourth-order valence-corrected chi connectivity index (χ4v) is 3.50. The second-order valence-electron chi connectivity index (χ2n) is 5.88. The summed E-state index contributed by atoms with van der Waals surface area (Å²) >= 11 is 0.948. The Morgan fingerprint density at radius 2 is 1.93 bits per heavy atom. The minimum absolute atomic E-state index is 0.0864. The van der Waals surface area contributed by atoms with Crippen LogP contribution >= 0.6 is 11.8 Å². The minimum atomic E-state index is -1.03. The highest BCUT2D eigenvalue weighted by Crippen LogP contribution is 2.23. The van der Waals surface area contributed by atoms with Gasteiger partial charge in [0.15, 0.2) is 11.6 Å². The summed E-state index contributed by atoms with van der Waals surface area (Å²) in [5.41, 5.74) is 1.20. The van der Waals surface area contributed by atoms with Crippen molar-refractivity contribution in [3.8, 4) is 0 Å². The van der Waals surface area contributed by atoms with Gasteiger partial charge in [-0.25, -0.2) is 8.78 Å². The van der Waals surface area contributed by atoms with Gasteiger partial charge in [-0.1, -0.05) is 23.9 Å². The topological polar surface area (TPSA) is 57.7 Å². The lowest BCUT2D eigenvalue weighted by molar-refractivity contribution is -0.125. The zero-order valence-electron chi connectivity index (χ0n) is 14.4. The molecule has 1 saturated heterocycles. The SMILES string of the molecule is CCN(C(=O)c1cccc(CN2C(=O)CSC2=O)c1)c1ccc(F)c(F)c1. The monoisotopic (exact) mass is 390 g/mol. The molecule has 27 heavy (non-hydrogen) atoms. The maximum Gasteiger partial charge on any atom is 0.289 e. The first-order valence-corrected chi connectivity index (χ1v) is 9.22. The second kappa shape index (κ2) is 7.87. The number of amides is 3. The zero-order valence-corrected chi connectivity index (χ0v) is 15.3. The van der Waals surface area contributed by atoms with E-state index in [4.69, 9.17) is 0 Å². The van der Waals surface area contributed by atoms with Crippen LogP contribution in [-0.4, -0.2) is 34.3 Å². The van der Waals surface area contributed by atoms with Crippen LogP contribution in [0.25, 0.3) is 0 Å². The number of carbonyl (C=O) groups is 3. The van der Waals surface area contributed by atoms with Gasteiger partial charge in [-0.05, 0) is 36.8 Å². The Bertz CT molecular complexity index is 904. The van der Waals surface area contributed by atoms with Crippen LogP contribution in [0, 0.1) is 11.6 Å². The van der Waals surface area contributed by atoms with Crippen LogP contribution < -0.4 is 4.90 Å². The lowest BCUT2D eigenvalue weighted by atomic mass is 10.1. The van der Waals surface area contributed by atoms with Crippen molar-refractivity contribution in [3.05, 3.63) is 65.2 Å². The van der Waals surface area contributed by atoms with Crippen LogP contribution in [0.5, 0.6) is 0 Å². The Labute approximate surface area is 158 Å². The first-order chi connectivity index (χ1) is 12.9. The molecule has 0 aromatic heterocycles. The molecule has 1 fully saturated rings. The van der Waals surface area contributed by atoms with Gasteiger partial charge in [0, 0.05) is 23.9 Å². The van der Waals surface area contributed by atoms with Gasteiger partial charge in [0.05, 0.1) is 12.3 Å². The quantitative estimate of drug-likeness (QED) is 0.779. The molecule has 1 heterocycles. The van der Waals surface area contributed by atoms with Crippen LogP contribution in [0.15, 0.2) is 42.5 Å². The fraction of sp³-hybridized carbons (Fsp3) is 0.211. The molecular formula is C19H16F2N2O3S. The van der Waals surface area contributed by atoms with Gasteiger partial charge in [-0.2, -0.15) is 0 Å². The summed E-state index contributed by atoms with van der Waals surface area (Å²) in [6.45, 7) is 2.07. The highest BCUT2D eigenvalue weighted by Gasteiger charge is 2.30. The van der Waals surface area contributed by atoms with Crippen molar-refractivity contribution in [1.82, 2.24) is 4.90 Å². The highest BCUT2D eigenvalue weighted by molar-refractivity contribution is 8.14. The smallest absolute Gasteiger partial charge is 0.289 e. The predicted octanol–water partition coefficient (Wildman–Crippen LogP) is 3.83. The third-order valence-corrected chi connectivity index (χ3v) is 4.99. The number of hydrogen-bond acceptors (Lipinski definition) is 4. The lowest BCUT2D eigenvalue weighted by Crippen LogP contribution is -2.31. The number of thioether (sulfide) groups is 1. The molecule has 2 aromatic rings. The summed E-state index contributed by atoms with van der Waals surface area (Å²) < 4.78 is 26.7. The van der Waals surface area contributed by atoms with Gasteiger partial charge in [0.2, 0.25) is 5.91 Å². The number of hydrogen-bond donors (Lipinski definition) is 0. The number of carbonyl (C=O) groups excluding carboxylic acids is 3. The van der Waals surface area contributed by atoms with Crippen LogP contribution in [0.2, 0.25) is 0 Å². The van der Waals surface area contributed by atoms with Crippen molar-refractivity contribution in [3.63, 3.8) is 0 Å². The van der Waals surface area contributed by atoms with E-state index in [2.05, 4.69) is 0 Å². The number of rotatable bonds is 5. The molecule has 0 spiro atoms. The molecule has 0 aliphatic carbocycles. The standard InChI is InChI=1S/C19H16F2N2O3S/c1-2-22(14-6-7-15(20)16(21)9-14)18(25)13-5-3-4-12(8-13)10-23-17(24)11-27-19(23)26/h3-9H,2,10-11H2,1H3. The molecule has 0 unspecified atom stereocenters. The van der Waals surface area contributed by atoms with Gasteiger partial charge < -0.3 is 4.90 Å². The number of benzene rings is 2. The van der Waals surface area contributed by atoms with E-state index in [1.54, 1.807) is 31.2 Å². The van der Waals surface area contributed by atoms with E-state index in [1.165, 1.54) is 11.0 Å². The maximum atomic E-state index is 13.5. The number of halogens is 2. The van der Waals surface area contributed by atoms with E-state index >= 15 is 0 Å².